The fourth-order valence-corrected chi connectivity index (χ4v) is 5.27. The molecule has 4 rings (SSSR count). The molecule has 2 heterocycles. The van der Waals surface area contributed by atoms with Gasteiger partial charge in [0, 0.05) is 30.6 Å². The molecule has 5 nitrogen and oxygen atoms in total. The first-order valence-electron chi connectivity index (χ1n) is 10.9. The van der Waals surface area contributed by atoms with Gasteiger partial charge in [0.15, 0.2) is 0 Å². The Bertz CT molecular complexity index is 853. The quantitative estimate of drug-likeness (QED) is 0.864. The van der Waals surface area contributed by atoms with Crippen LogP contribution in [0.25, 0.3) is 11.0 Å². The van der Waals surface area contributed by atoms with E-state index in [1.807, 2.05) is 6.07 Å². The molecule has 0 radical (unpaired) electrons. The van der Waals surface area contributed by atoms with Crippen LogP contribution in [0.3, 0.4) is 0 Å². The van der Waals surface area contributed by atoms with Crippen molar-refractivity contribution >= 4 is 16.9 Å². The number of carbonyl (C=O) groups is 1. The second kappa shape index (κ2) is 7.51. The monoisotopic (exact) mass is 382 g/mol. The van der Waals surface area contributed by atoms with Gasteiger partial charge in [-0.2, -0.15) is 0 Å². The lowest BCUT2D eigenvalue weighted by Crippen LogP contribution is -2.55. The molecule has 0 bridgehead atoms. The van der Waals surface area contributed by atoms with Crippen LogP contribution in [0, 0.1) is 5.92 Å². The molecule has 28 heavy (non-hydrogen) atoms. The lowest BCUT2D eigenvalue weighted by molar-refractivity contribution is -0.140. The van der Waals surface area contributed by atoms with Gasteiger partial charge in [0.25, 0.3) is 0 Å². The minimum atomic E-state index is -0.368. The number of aromatic nitrogens is 2. The highest BCUT2D eigenvalue weighted by atomic mass is 16.2. The number of fused-ring (bicyclic) bond motifs is 1. The molecule has 2 N–H and O–H groups in total. The van der Waals surface area contributed by atoms with Crippen molar-refractivity contribution in [3.63, 3.8) is 0 Å². The Morgan fingerprint density at radius 3 is 2.75 bits per heavy atom. The fraction of sp³-hybridized carbons (Fsp3) is 0.652. The molecule has 2 aromatic rings. The molecule has 1 aliphatic heterocycles. The van der Waals surface area contributed by atoms with Crippen LogP contribution in [-0.4, -0.2) is 39.0 Å². The van der Waals surface area contributed by atoms with Crippen molar-refractivity contribution < 1.29 is 4.79 Å². The number of hydrogen-bond donors (Lipinski definition) is 1. The zero-order valence-electron chi connectivity index (χ0n) is 17.5. The molecule has 2 fully saturated rings. The van der Waals surface area contributed by atoms with Crippen LogP contribution in [0.15, 0.2) is 24.3 Å². The van der Waals surface area contributed by atoms with Gasteiger partial charge in [0.2, 0.25) is 5.91 Å². The molecule has 1 saturated carbocycles. The zero-order chi connectivity index (χ0) is 19.9. The predicted octanol–water partition coefficient (Wildman–Crippen LogP) is 4.23. The molecule has 2 aliphatic rings. The predicted molar refractivity (Wildman–Crippen MR) is 113 cm³/mol. The molecule has 5 heteroatoms. The molecule has 1 amide bonds. The van der Waals surface area contributed by atoms with E-state index in [4.69, 9.17) is 10.7 Å². The fourth-order valence-electron chi connectivity index (χ4n) is 5.27. The summed E-state index contributed by atoms with van der Waals surface area (Å²) in [6.07, 6.45) is 6.25. The van der Waals surface area contributed by atoms with E-state index < -0.39 is 0 Å². The van der Waals surface area contributed by atoms with E-state index >= 15 is 0 Å². The summed E-state index contributed by atoms with van der Waals surface area (Å²) >= 11 is 0. The third kappa shape index (κ3) is 3.45. The second-order valence-electron chi connectivity index (χ2n) is 9.35. The number of likely N-dealkylation sites (tertiary alicyclic amines) is 1. The first-order valence-corrected chi connectivity index (χ1v) is 10.9. The first kappa shape index (κ1) is 19.4. The van der Waals surface area contributed by atoms with Crippen molar-refractivity contribution in [2.24, 2.45) is 11.7 Å². The van der Waals surface area contributed by atoms with Gasteiger partial charge in [-0.05, 0) is 58.6 Å². The molecule has 3 atom stereocenters. The van der Waals surface area contributed by atoms with Crippen LogP contribution < -0.4 is 5.73 Å². The van der Waals surface area contributed by atoms with Gasteiger partial charge < -0.3 is 15.2 Å². The minimum Gasteiger partial charge on any atom is -0.342 e. The summed E-state index contributed by atoms with van der Waals surface area (Å²) in [4.78, 5) is 20.4. The van der Waals surface area contributed by atoms with E-state index in [2.05, 4.69) is 48.4 Å². The standard InChI is InChI=1S/C23H34N4O/c1-16(2)27-20-12-5-4-11-19(20)25-21(27)17-9-8-14-26(15-17)22(28)18-10-6-7-13-23(18,3)24/h4-5,11-12,16-18H,6-10,13-15,24H2,1-3H3. The molecular weight excluding hydrogens is 348 g/mol. The molecular formula is C23H34N4O. The Kier molecular flexibility index (Phi) is 5.21. The van der Waals surface area contributed by atoms with E-state index in [0.717, 1.165) is 63.0 Å². The number of imidazole rings is 1. The number of nitrogens with two attached hydrogens (primary N) is 1. The summed E-state index contributed by atoms with van der Waals surface area (Å²) < 4.78 is 2.36. The highest BCUT2D eigenvalue weighted by Crippen LogP contribution is 2.36. The van der Waals surface area contributed by atoms with Crippen molar-refractivity contribution in [1.29, 1.82) is 0 Å². The van der Waals surface area contributed by atoms with Crippen molar-refractivity contribution in [2.75, 3.05) is 13.1 Å². The SMILES string of the molecule is CC(C)n1c(C2CCCN(C(=O)C3CCCCC3(C)N)C2)nc2ccccc21. The second-order valence-corrected chi connectivity index (χ2v) is 9.35. The maximum atomic E-state index is 13.4. The molecule has 1 aromatic carbocycles. The third-order valence-electron chi connectivity index (χ3n) is 6.79. The van der Waals surface area contributed by atoms with Gasteiger partial charge in [0.1, 0.15) is 5.82 Å². The first-order chi connectivity index (χ1) is 13.4. The number of nitrogens with zero attached hydrogens (tertiary/aromatic N) is 3. The van der Waals surface area contributed by atoms with E-state index in [-0.39, 0.29) is 17.4 Å². The van der Waals surface area contributed by atoms with Crippen LogP contribution >= 0.6 is 0 Å². The van der Waals surface area contributed by atoms with Crippen LogP contribution in [-0.2, 0) is 4.79 Å². The summed E-state index contributed by atoms with van der Waals surface area (Å²) in [5.41, 5.74) is 8.40. The number of para-hydroxylation sites is 2. The van der Waals surface area contributed by atoms with Gasteiger partial charge in [-0.25, -0.2) is 4.98 Å². The van der Waals surface area contributed by atoms with Crippen LogP contribution in [0.1, 0.15) is 77.1 Å². The summed E-state index contributed by atoms with van der Waals surface area (Å²) in [6, 6.07) is 8.71. The van der Waals surface area contributed by atoms with Gasteiger partial charge in [-0.3, -0.25) is 4.79 Å². The summed E-state index contributed by atoms with van der Waals surface area (Å²) in [6.45, 7) is 8.11. The Labute approximate surface area is 168 Å². The molecule has 0 spiro atoms. The maximum absolute atomic E-state index is 13.4. The van der Waals surface area contributed by atoms with Gasteiger partial charge in [0.05, 0.1) is 17.0 Å². The average molecular weight is 383 g/mol. The average Bonchev–Trinajstić information content (AvgIpc) is 3.07. The summed E-state index contributed by atoms with van der Waals surface area (Å²) in [5.74, 6) is 1.65. The van der Waals surface area contributed by atoms with E-state index in [1.165, 1.54) is 5.52 Å². The summed E-state index contributed by atoms with van der Waals surface area (Å²) in [7, 11) is 0. The maximum Gasteiger partial charge on any atom is 0.227 e. The zero-order valence-corrected chi connectivity index (χ0v) is 17.5. The Morgan fingerprint density at radius 2 is 2.00 bits per heavy atom. The van der Waals surface area contributed by atoms with Crippen LogP contribution in [0.4, 0.5) is 0 Å². The molecule has 1 aliphatic carbocycles. The van der Waals surface area contributed by atoms with Crippen molar-refractivity contribution in [3.05, 3.63) is 30.1 Å². The van der Waals surface area contributed by atoms with Crippen molar-refractivity contribution in [3.8, 4) is 0 Å². The number of piperidine rings is 1. The number of hydrogen-bond acceptors (Lipinski definition) is 3. The van der Waals surface area contributed by atoms with E-state index in [9.17, 15) is 4.79 Å². The highest BCUT2D eigenvalue weighted by Gasteiger charge is 2.41. The number of amides is 1. The Balaban J connectivity index is 1.60. The number of carbonyl (C=O) groups excluding carboxylic acids is 1. The lowest BCUT2D eigenvalue weighted by Gasteiger charge is -2.42. The summed E-state index contributed by atoms with van der Waals surface area (Å²) in [5, 5.41) is 0. The highest BCUT2D eigenvalue weighted by molar-refractivity contribution is 5.81. The van der Waals surface area contributed by atoms with E-state index in [1.54, 1.807) is 0 Å². The normalized spacial score (nSPS) is 28.8. The molecule has 152 valence electrons. The minimum absolute atomic E-state index is 0.0380. The largest absolute Gasteiger partial charge is 0.342 e. The van der Waals surface area contributed by atoms with E-state index in [0.29, 0.717) is 12.0 Å². The molecule has 1 saturated heterocycles. The molecule has 3 unspecified atom stereocenters. The third-order valence-corrected chi connectivity index (χ3v) is 6.79. The van der Waals surface area contributed by atoms with Gasteiger partial charge in [-0.15, -0.1) is 0 Å². The van der Waals surface area contributed by atoms with Crippen LogP contribution in [0.2, 0.25) is 0 Å². The number of rotatable bonds is 3. The molecule has 1 aromatic heterocycles. The van der Waals surface area contributed by atoms with Gasteiger partial charge in [-0.1, -0.05) is 25.0 Å². The van der Waals surface area contributed by atoms with Crippen molar-refractivity contribution in [2.45, 2.75) is 76.8 Å². The smallest absolute Gasteiger partial charge is 0.227 e. The number of benzene rings is 1. The van der Waals surface area contributed by atoms with Gasteiger partial charge >= 0.3 is 0 Å². The van der Waals surface area contributed by atoms with Crippen LogP contribution in [0.5, 0.6) is 0 Å². The topological polar surface area (TPSA) is 64.2 Å². The Hall–Kier alpha value is -1.88. The van der Waals surface area contributed by atoms with Crippen molar-refractivity contribution in [1.82, 2.24) is 14.5 Å². The Morgan fingerprint density at radius 1 is 1.21 bits per heavy atom. The lowest BCUT2D eigenvalue weighted by atomic mass is 9.73.